The number of aromatic amines is 1. The summed E-state index contributed by atoms with van der Waals surface area (Å²) in [6, 6.07) is 10.6. The van der Waals surface area contributed by atoms with Gasteiger partial charge in [-0.3, -0.25) is 14.9 Å². The summed E-state index contributed by atoms with van der Waals surface area (Å²) in [5.41, 5.74) is 1.37. The number of rotatable bonds is 8. The quantitative estimate of drug-likeness (QED) is 0.349. The highest BCUT2D eigenvalue weighted by molar-refractivity contribution is 7.91. The first-order chi connectivity index (χ1) is 16.3. The maximum absolute atomic E-state index is 13.6. The molecule has 0 aliphatic rings. The van der Waals surface area contributed by atoms with Crippen molar-refractivity contribution in [2.24, 2.45) is 0 Å². The van der Waals surface area contributed by atoms with Crippen molar-refractivity contribution in [2.75, 3.05) is 24.4 Å². The zero-order valence-electron chi connectivity index (χ0n) is 18.4. The van der Waals surface area contributed by atoms with Gasteiger partial charge in [0.15, 0.2) is 5.82 Å². The predicted molar refractivity (Wildman–Crippen MR) is 125 cm³/mol. The van der Waals surface area contributed by atoms with Gasteiger partial charge in [0, 0.05) is 24.7 Å². The summed E-state index contributed by atoms with van der Waals surface area (Å²) < 4.78 is 44.7. The molecule has 2 heterocycles. The van der Waals surface area contributed by atoms with Gasteiger partial charge in [-0.2, -0.15) is 5.10 Å². The van der Waals surface area contributed by atoms with Crippen molar-refractivity contribution >= 4 is 38.2 Å². The maximum atomic E-state index is 13.6. The van der Waals surface area contributed by atoms with Gasteiger partial charge in [0.1, 0.15) is 5.82 Å². The van der Waals surface area contributed by atoms with E-state index >= 15 is 0 Å². The number of ether oxygens (including phenoxy) is 1. The molecule has 0 aliphatic heterocycles. The zero-order chi connectivity index (χ0) is 24.3. The van der Waals surface area contributed by atoms with Gasteiger partial charge in [-0.15, -0.1) is 0 Å². The molecule has 11 heteroatoms. The molecule has 0 saturated carbocycles. The number of hydrogen-bond acceptors (Lipinski definition) is 7. The van der Waals surface area contributed by atoms with E-state index in [-0.39, 0.29) is 21.7 Å². The highest BCUT2D eigenvalue weighted by atomic mass is 32.2. The smallest absolute Gasteiger partial charge is 0.259 e. The molecule has 0 spiro atoms. The number of fused-ring (bicyclic) bond motifs is 1. The van der Waals surface area contributed by atoms with E-state index in [1.807, 2.05) is 6.92 Å². The zero-order valence-corrected chi connectivity index (χ0v) is 19.2. The Balaban J connectivity index is 1.65. The Morgan fingerprint density at radius 1 is 1.18 bits per heavy atom. The number of carbonyl (C=O) groups excluding carboxylic acids is 1. The van der Waals surface area contributed by atoms with Gasteiger partial charge in [-0.1, -0.05) is 6.07 Å². The van der Waals surface area contributed by atoms with E-state index in [1.165, 1.54) is 48.8 Å². The number of methoxy groups -OCH3 is 1. The highest BCUT2D eigenvalue weighted by Crippen LogP contribution is 2.28. The van der Waals surface area contributed by atoms with E-state index in [9.17, 15) is 17.6 Å². The average Bonchev–Trinajstić information content (AvgIpc) is 3.21. The largest absolute Gasteiger partial charge is 0.383 e. The molecule has 34 heavy (non-hydrogen) atoms. The lowest BCUT2D eigenvalue weighted by Crippen LogP contribution is -2.23. The van der Waals surface area contributed by atoms with Crippen LogP contribution in [0.2, 0.25) is 0 Å². The van der Waals surface area contributed by atoms with Crippen molar-refractivity contribution < 1.29 is 22.3 Å². The lowest BCUT2D eigenvalue weighted by molar-refractivity contribution is 0.102. The number of anilines is 2. The standard InChI is InChI=1S/C23H22FN5O4S/c1-14(13-33-2)26-21-12-25-9-8-18(21)23(30)27-22-19-11-17(6-7-20(19)28-29-22)34(31,32)16-5-3-4-15(24)10-16/h3-12,14,26H,13H2,1-2H3,(H2,27,28,29,30). The average molecular weight is 484 g/mol. The molecule has 1 unspecified atom stereocenters. The molecule has 9 nitrogen and oxygen atoms in total. The van der Waals surface area contributed by atoms with Crippen LogP contribution in [0.25, 0.3) is 10.9 Å². The van der Waals surface area contributed by atoms with Gasteiger partial charge < -0.3 is 15.4 Å². The molecule has 0 fully saturated rings. The summed E-state index contributed by atoms with van der Waals surface area (Å²) in [5, 5.41) is 13.2. The van der Waals surface area contributed by atoms with Crippen molar-refractivity contribution in [1.82, 2.24) is 15.2 Å². The lowest BCUT2D eigenvalue weighted by Gasteiger charge is -2.16. The Morgan fingerprint density at radius 3 is 2.74 bits per heavy atom. The molecular weight excluding hydrogens is 461 g/mol. The molecule has 4 aromatic rings. The van der Waals surface area contributed by atoms with Crippen LogP contribution in [0, 0.1) is 5.82 Å². The van der Waals surface area contributed by atoms with Crippen LogP contribution in [0.15, 0.2) is 70.7 Å². The molecule has 0 aliphatic carbocycles. The van der Waals surface area contributed by atoms with Gasteiger partial charge in [-0.05, 0) is 49.4 Å². The van der Waals surface area contributed by atoms with E-state index in [1.54, 1.807) is 13.2 Å². The topological polar surface area (TPSA) is 126 Å². The SMILES string of the molecule is COCC(C)Nc1cnccc1C(=O)Nc1n[nH]c2ccc(S(=O)(=O)c3cccc(F)c3)cc12. The molecule has 1 atom stereocenters. The number of benzene rings is 2. The van der Waals surface area contributed by atoms with Crippen molar-refractivity contribution in [3.8, 4) is 0 Å². The summed E-state index contributed by atoms with van der Waals surface area (Å²) in [6.45, 7) is 2.34. The summed E-state index contributed by atoms with van der Waals surface area (Å²) in [6.07, 6.45) is 3.03. The number of amides is 1. The van der Waals surface area contributed by atoms with E-state index in [0.29, 0.717) is 28.8 Å². The minimum atomic E-state index is -3.98. The van der Waals surface area contributed by atoms with E-state index in [0.717, 1.165) is 6.07 Å². The Kier molecular flexibility index (Phi) is 6.57. The van der Waals surface area contributed by atoms with Gasteiger partial charge in [0.05, 0.1) is 39.4 Å². The fourth-order valence-electron chi connectivity index (χ4n) is 3.47. The van der Waals surface area contributed by atoms with E-state index in [4.69, 9.17) is 4.74 Å². The molecule has 0 bridgehead atoms. The number of nitrogens with one attached hydrogen (secondary N) is 3. The van der Waals surface area contributed by atoms with Gasteiger partial charge >= 0.3 is 0 Å². The normalized spacial score (nSPS) is 12.4. The second-order valence-corrected chi connectivity index (χ2v) is 9.57. The Morgan fingerprint density at radius 2 is 1.97 bits per heavy atom. The number of halogens is 1. The van der Waals surface area contributed by atoms with Crippen LogP contribution in [-0.2, 0) is 14.6 Å². The van der Waals surface area contributed by atoms with Crippen LogP contribution in [0.4, 0.5) is 15.9 Å². The fraction of sp³-hybridized carbons (Fsp3) is 0.174. The maximum Gasteiger partial charge on any atom is 0.259 e. The molecule has 2 aromatic carbocycles. The van der Waals surface area contributed by atoms with Gasteiger partial charge in [-0.25, -0.2) is 12.8 Å². The van der Waals surface area contributed by atoms with E-state index in [2.05, 4.69) is 25.8 Å². The molecule has 176 valence electrons. The Hall–Kier alpha value is -3.83. The number of nitrogens with zero attached hydrogens (tertiary/aromatic N) is 2. The van der Waals surface area contributed by atoms with Crippen LogP contribution >= 0.6 is 0 Å². The Labute approximate surface area is 195 Å². The summed E-state index contributed by atoms with van der Waals surface area (Å²) in [4.78, 5) is 16.9. The number of hydrogen-bond donors (Lipinski definition) is 3. The second kappa shape index (κ2) is 9.57. The number of pyridine rings is 1. The molecular formula is C23H22FN5O4S. The van der Waals surface area contributed by atoms with Crippen molar-refractivity contribution in [3.63, 3.8) is 0 Å². The first-order valence-corrected chi connectivity index (χ1v) is 11.8. The Bertz CT molecular complexity index is 1450. The molecule has 3 N–H and O–H groups in total. The molecule has 1 amide bonds. The summed E-state index contributed by atoms with van der Waals surface area (Å²) in [7, 11) is -2.39. The first kappa shape index (κ1) is 23.3. The predicted octanol–water partition coefficient (Wildman–Crippen LogP) is 3.63. The van der Waals surface area contributed by atoms with E-state index < -0.39 is 21.6 Å². The van der Waals surface area contributed by atoms with Crippen LogP contribution in [-0.4, -0.2) is 49.3 Å². The molecule has 0 radical (unpaired) electrons. The third kappa shape index (κ3) is 4.75. The van der Waals surface area contributed by atoms with Crippen LogP contribution in [0.5, 0.6) is 0 Å². The fourth-order valence-corrected chi connectivity index (χ4v) is 4.78. The monoisotopic (exact) mass is 483 g/mol. The van der Waals surface area contributed by atoms with Crippen LogP contribution in [0.1, 0.15) is 17.3 Å². The highest BCUT2D eigenvalue weighted by Gasteiger charge is 2.21. The van der Waals surface area contributed by atoms with Crippen LogP contribution in [0.3, 0.4) is 0 Å². The minimum absolute atomic E-state index is 0.0536. The van der Waals surface area contributed by atoms with Gasteiger partial charge in [0.2, 0.25) is 9.84 Å². The third-order valence-electron chi connectivity index (χ3n) is 5.07. The molecule has 2 aromatic heterocycles. The van der Waals surface area contributed by atoms with Gasteiger partial charge in [0.25, 0.3) is 5.91 Å². The second-order valence-electron chi connectivity index (χ2n) is 7.62. The lowest BCUT2D eigenvalue weighted by atomic mass is 10.2. The summed E-state index contributed by atoms with van der Waals surface area (Å²) in [5.74, 6) is -0.953. The minimum Gasteiger partial charge on any atom is -0.383 e. The number of H-pyrrole nitrogens is 1. The van der Waals surface area contributed by atoms with Crippen molar-refractivity contribution in [3.05, 3.63) is 72.3 Å². The number of carbonyl (C=O) groups is 1. The summed E-state index contributed by atoms with van der Waals surface area (Å²) >= 11 is 0. The third-order valence-corrected chi connectivity index (χ3v) is 6.82. The first-order valence-electron chi connectivity index (χ1n) is 10.3. The number of sulfone groups is 1. The molecule has 4 rings (SSSR count). The number of aromatic nitrogens is 3. The molecule has 0 saturated heterocycles. The van der Waals surface area contributed by atoms with Crippen LogP contribution < -0.4 is 10.6 Å². The van der Waals surface area contributed by atoms with Crippen molar-refractivity contribution in [1.29, 1.82) is 0 Å². The van der Waals surface area contributed by atoms with Crippen molar-refractivity contribution in [2.45, 2.75) is 22.8 Å².